The summed E-state index contributed by atoms with van der Waals surface area (Å²) in [5, 5.41) is 0. The third kappa shape index (κ3) is 5.74. The summed E-state index contributed by atoms with van der Waals surface area (Å²) in [5.74, 6) is 0.220. The van der Waals surface area contributed by atoms with Crippen molar-refractivity contribution in [1.82, 2.24) is 14.2 Å². The first-order chi connectivity index (χ1) is 16.3. The van der Waals surface area contributed by atoms with Crippen LogP contribution in [0.15, 0.2) is 47.5 Å². The number of rotatable bonds is 8. The van der Waals surface area contributed by atoms with Crippen molar-refractivity contribution >= 4 is 27.7 Å². The van der Waals surface area contributed by atoms with Crippen LogP contribution in [0.2, 0.25) is 0 Å². The van der Waals surface area contributed by atoms with Crippen LogP contribution >= 0.6 is 0 Å². The third-order valence-electron chi connectivity index (χ3n) is 5.81. The normalized spacial score (nSPS) is 14.7. The molecule has 9 nitrogen and oxygen atoms in total. The maximum Gasteiger partial charge on any atom is 0.339 e. The van der Waals surface area contributed by atoms with Crippen molar-refractivity contribution in [2.75, 3.05) is 50.8 Å². The van der Waals surface area contributed by atoms with Gasteiger partial charge < -0.3 is 14.5 Å². The predicted octanol–water partition coefficient (Wildman–Crippen LogP) is 2.64. The van der Waals surface area contributed by atoms with Gasteiger partial charge in [0.2, 0.25) is 10.0 Å². The van der Waals surface area contributed by atoms with Crippen LogP contribution in [-0.2, 0) is 14.8 Å². The van der Waals surface area contributed by atoms with Crippen molar-refractivity contribution in [3.8, 4) is 0 Å². The lowest BCUT2D eigenvalue weighted by atomic mass is 10.2. The minimum Gasteiger partial charge on any atom is -0.462 e. The summed E-state index contributed by atoms with van der Waals surface area (Å²) in [5.41, 5.74) is 0.868. The monoisotopic (exact) mass is 488 g/mol. The molecular formula is C24H32N4O5S. The molecule has 0 unspecified atom stereocenters. The van der Waals surface area contributed by atoms with E-state index in [1.807, 2.05) is 0 Å². The molecule has 0 bridgehead atoms. The molecule has 34 heavy (non-hydrogen) atoms. The van der Waals surface area contributed by atoms with Crippen molar-refractivity contribution in [2.24, 2.45) is 0 Å². The molecule has 0 saturated carbocycles. The van der Waals surface area contributed by atoms with Crippen LogP contribution in [0.25, 0.3) is 0 Å². The first-order valence-electron chi connectivity index (χ1n) is 11.6. The zero-order valence-electron chi connectivity index (χ0n) is 19.9. The third-order valence-corrected chi connectivity index (χ3v) is 7.87. The van der Waals surface area contributed by atoms with Gasteiger partial charge in [0.25, 0.3) is 5.91 Å². The second-order valence-corrected chi connectivity index (χ2v) is 9.81. The molecule has 1 fully saturated rings. The average Bonchev–Trinajstić information content (AvgIpc) is 3.11. The number of pyridine rings is 1. The van der Waals surface area contributed by atoms with E-state index in [1.165, 1.54) is 22.6 Å². The van der Waals surface area contributed by atoms with E-state index in [0.29, 0.717) is 50.5 Å². The molecular weight excluding hydrogens is 456 g/mol. The molecule has 0 N–H and O–H groups in total. The van der Waals surface area contributed by atoms with Crippen molar-refractivity contribution in [2.45, 2.75) is 32.1 Å². The molecule has 2 aromatic rings. The maximum atomic E-state index is 13.1. The first kappa shape index (κ1) is 25.6. The molecule has 0 atom stereocenters. The smallest absolute Gasteiger partial charge is 0.339 e. The SMILES string of the molecule is CCOC(=O)c1ccc(N2CCCN(C(=O)c3ccc(S(=O)(=O)N(CC)CC)cc3)CC2)nc1. The Morgan fingerprint density at radius 3 is 2.21 bits per heavy atom. The van der Waals surface area contributed by atoms with Crippen LogP contribution in [0.1, 0.15) is 47.9 Å². The van der Waals surface area contributed by atoms with Gasteiger partial charge in [0.15, 0.2) is 0 Å². The summed E-state index contributed by atoms with van der Waals surface area (Å²) >= 11 is 0. The summed E-state index contributed by atoms with van der Waals surface area (Å²) in [6.07, 6.45) is 2.27. The second kappa shape index (κ2) is 11.4. The number of benzene rings is 1. The van der Waals surface area contributed by atoms with Crippen molar-refractivity contribution in [3.05, 3.63) is 53.7 Å². The van der Waals surface area contributed by atoms with Gasteiger partial charge in [0, 0.05) is 51.0 Å². The highest BCUT2D eigenvalue weighted by molar-refractivity contribution is 7.89. The van der Waals surface area contributed by atoms with E-state index in [0.717, 1.165) is 18.8 Å². The van der Waals surface area contributed by atoms with Crippen LogP contribution in [0.4, 0.5) is 5.82 Å². The van der Waals surface area contributed by atoms with E-state index in [4.69, 9.17) is 4.74 Å². The van der Waals surface area contributed by atoms with E-state index >= 15 is 0 Å². The molecule has 1 aliphatic rings. The van der Waals surface area contributed by atoms with Crippen LogP contribution in [0, 0.1) is 0 Å². The Balaban J connectivity index is 1.65. The van der Waals surface area contributed by atoms with Crippen molar-refractivity contribution in [1.29, 1.82) is 0 Å². The highest BCUT2D eigenvalue weighted by Crippen LogP contribution is 2.19. The molecule has 1 aromatic carbocycles. The number of nitrogens with zero attached hydrogens (tertiary/aromatic N) is 4. The average molecular weight is 489 g/mol. The van der Waals surface area contributed by atoms with Crippen LogP contribution in [-0.4, -0.2) is 80.4 Å². The Morgan fingerprint density at radius 1 is 0.941 bits per heavy atom. The van der Waals surface area contributed by atoms with Gasteiger partial charge in [-0.2, -0.15) is 4.31 Å². The Labute approximate surface area is 201 Å². The largest absolute Gasteiger partial charge is 0.462 e. The lowest BCUT2D eigenvalue weighted by Gasteiger charge is -2.23. The molecule has 10 heteroatoms. The number of hydrogen-bond donors (Lipinski definition) is 0. The Hall–Kier alpha value is -2.98. The molecule has 0 spiro atoms. The Kier molecular flexibility index (Phi) is 8.62. The Bertz CT molecular complexity index is 1080. The van der Waals surface area contributed by atoms with Crippen LogP contribution < -0.4 is 4.90 Å². The van der Waals surface area contributed by atoms with Crippen molar-refractivity contribution < 1.29 is 22.7 Å². The molecule has 0 aliphatic carbocycles. The molecule has 0 radical (unpaired) electrons. The van der Waals surface area contributed by atoms with Crippen LogP contribution in [0.3, 0.4) is 0 Å². The molecule has 184 valence electrons. The van der Waals surface area contributed by atoms with Crippen LogP contribution in [0.5, 0.6) is 0 Å². The van der Waals surface area contributed by atoms with E-state index in [9.17, 15) is 18.0 Å². The topological polar surface area (TPSA) is 100 Å². The van der Waals surface area contributed by atoms with Gasteiger partial charge in [0.05, 0.1) is 17.1 Å². The van der Waals surface area contributed by atoms with Gasteiger partial charge in [0.1, 0.15) is 5.82 Å². The number of sulfonamides is 1. The van der Waals surface area contributed by atoms with E-state index in [1.54, 1.807) is 49.9 Å². The zero-order valence-corrected chi connectivity index (χ0v) is 20.8. The lowest BCUT2D eigenvalue weighted by molar-refractivity contribution is 0.0525. The highest BCUT2D eigenvalue weighted by atomic mass is 32.2. The summed E-state index contributed by atoms with van der Waals surface area (Å²) in [4.78, 5) is 33.3. The number of anilines is 1. The first-order valence-corrected chi connectivity index (χ1v) is 13.0. The molecule has 1 aliphatic heterocycles. The standard InChI is InChI=1S/C24H32N4O5S/c1-4-28(5-2)34(31,32)21-11-8-19(9-12-21)23(29)27-15-7-14-26(16-17-27)22-13-10-20(18-25-22)24(30)33-6-3/h8-13,18H,4-7,14-17H2,1-3H3. The van der Waals surface area contributed by atoms with Crippen molar-refractivity contribution in [3.63, 3.8) is 0 Å². The number of aromatic nitrogens is 1. The summed E-state index contributed by atoms with van der Waals surface area (Å²) < 4.78 is 31.7. The predicted molar refractivity (Wildman–Crippen MR) is 129 cm³/mol. The van der Waals surface area contributed by atoms with Gasteiger partial charge in [-0.25, -0.2) is 18.2 Å². The maximum absolute atomic E-state index is 13.1. The van der Waals surface area contributed by atoms with E-state index < -0.39 is 16.0 Å². The number of carbonyl (C=O) groups excluding carboxylic acids is 2. The molecule has 1 aromatic heterocycles. The second-order valence-electron chi connectivity index (χ2n) is 7.87. The van der Waals surface area contributed by atoms with E-state index in [-0.39, 0.29) is 10.8 Å². The van der Waals surface area contributed by atoms with Gasteiger partial charge in [-0.1, -0.05) is 13.8 Å². The minimum atomic E-state index is -3.56. The number of carbonyl (C=O) groups is 2. The zero-order chi connectivity index (χ0) is 24.7. The fraction of sp³-hybridized carbons (Fsp3) is 0.458. The molecule has 1 saturated heterocycles. The van der Waals surface area contributed by atoms with Gasteiger partial charge in [-0.3, -0.25) is 4.79 Å². The lowest BCUT2D eigenvalue weighted by Crippen LogP contribution is -2.35. The highest BCUT2D eigenvalue weighted by Gasteiger charge is 2.24. The summed E-state index contributed by atoms with van der Waals surface area (Å²) in [7, 11) is -3.56. The number of ether oxygens (including phenoxy) is 1. The van der Waals surface area contributed by atoms with Gasteiger partial charge in [-0.05, 0) is 49.7 Å². The van der Waals surface area contributed by atoms with Gasteiger partial charge in [-0.15, -0.1) is 0 Å². The van der Waals surface area contributed by atoms with Gasteiger partial charge >= 0.3 is 5.97 Å². The molecule has 3 rings (SSSR count). The quantitative estimate of drug-likeness (QED) is 0.527. The summed E-state index contributed by atoms with van der Waals surface area (Å²) in [6, 6.07) is 9.65. The molecule has 2 heterocycles. The number of hydrogen-bond acceptors (Lipinski definition) is 7. The fourth-order valence-corrected chi connectivity index (χ4v) is 5.38. The fourth-order valence-electron chi connectivity index (χ4n) is 3.92. The number of amides is 1. The summed E-state index contributed by atoms with van der Waals surface area (Å²) in [6.45, 7) is 8.89. The molecule has 1 amide bonds. The number of esters is 1. The Morgan fingerprint density at radius 2 is 1.62 bits per heavy atom. The minimum absolute atomic E-state index is 0.126. The van der Waals surface area contributed by atoms with E-state index in [2.05, 4.69) is 9.88 Å².